The molecule has 0 aliphatic rings. The molecule has 0 saturated heterocycles. The normalized spacial score (nSPS) is 10.5. The van der Waals surface area contributed by atoms with Crippen LogP contribution in [0.5, 0.6) is 0 Å². The number of para-hydroxylation sites is 1. The topological polar surface area (TPSA) is 128 Å². The van der Waals surface area contributed by atoms with Crippen molar-refractivity contribution >= 4 is 29.2 Å². The van der Waals surface area contributed by atoms with Gasteiger partial charge in [0, 0.05) is 16.9 Å². The maximum Gasteiger partial charge on any atom is 0.323 e. The summed E-state index contributed by atoms with van der Waals surface area (Å²) in [5, 5.41) is 5.58. The van der Waals surface area contributed by atoms with Crippen LogP contribution in [0, 0.1) is 0 Å². The van der Waals surface area contributed by atoms with E-state index in [4.69, 9.17) is 16.2 Å². The lowest BCUT2D eigenvalue weighted by Crippen LogP contribution is -2.19. The van der Waals surface area contributed by atoms with Crippen LogP contribution in [0.4, 0.5) is 27.9 Å². The SMILES string of the molecule is Nc1nc(N)c(-c2ccc(NC(=O)Nc3ccccc3)cc2)c(COCc2ccccc2)n1. The molecule has 0 spiro atoms. The predicted molar refractivity (Wildman–Crippen MR) is 130 cm³/mol. The second-order valence-electron chi connectivity index (χ2n) is 7.29. The van der Waals surface area contributed by atoms with Crippen molar-refractivity contribution in [3.05, 3.63) is 96.2 Å². The van der Waals surface area contributed by atoms with Crippen LogP contribution in [0.25, 0.3) is 11.1 Å². The average Bonchev–Trinajstić information content (AvgIpc) is 2.81. The van der Waals surface area contributed by atoms with Crippen LogP contribution in [-0.2, 0) is 18.0 Å². The summed E-state index contributed by atoms with van der Waals surface area (Å²) in [5.74, 6) is 0.355. The molecule has 4 aromatic rings. The summed E-state index contributed by atoms with van der Waals surface area (Å²) >= 11 is 0. The third kappa shape index (κ3) is 5.84. The minimum absolute atomic E-state index is 0.0884. The van der Waals surface area contributed by atoms with Crippen LogP contribution in [0.3, 0.4) is 0 Å². The summed E-state index contributed by atoms with van der Waals surface area (Å²) in [6, 6.07) is 26.0. The number of ether oxygens (including phenoxy) is 1. The third-order valence-corrected chi connectivity index (χ3v) is 4.84. The molecule has 0 atom stereocenters. The zero-order chi connectivity index (χ0) is 23.0. The lowest BCUT2D eigenvalue weighted by atomic mass is 10.0. The van der Waals surface area contributed by atoms with Gasteiger partial charge in [0.05, 0.1) is 18.9 Å². The highest BCUT2D eigenvalue weighted by Gasteiger charge is 2.14. The van der Waals surface area contributed by atoms with Gasteiger partial charge in [-0.25, -0.2) is 9.78 Å². The minimum Gasteiger partial charge on any atom is -0.383 e. The first-order valence-corrected chi connectivity index (χ1v) is 10.4. The van der Waals surface area contributed by atoms with Crippen molar-refractivity contribution in [3.63, 3.8) is 0 Å². The molecule has 3 aromatic carbocycles. The van der Waals surface area contributed by atoms with E-state index in [9.17, 15) is 4.79 Å². The van der Waals surface area contributed by atoms with Gasteiger partial charge in [0.25, 0.3) is 0 Å². The highest BCUT2D eigenvalue weighted by molar-refractivity contribution is 5.99. The number of nitrogens with zero attached hydrogens (tertiary/aromatic N) is 2. The number of aromatic nitrogens is 2. The zero-order valence-corrected chi connectivity index (χ0v) is 17.9. The van der Waals surface area contributed by atoms with E-state index in [1.165, 1.54) is 0 Å². The fraction of sp³-hybridized carbons (Fsp3) is 0.0800. The average molecular weight is 441 g/mol. The van der Waals surface area contributed by atoms with Crippen LogP contribution in [-0.4, -0.2) is 16.0 Å². The van der Waals surface area contributed by atoms with Gasteiger partial charge in [0.15, 0.2) is 0 Å². The third-order valence-electron chi connectivity index (χ3n) is 4.84. The maximum absolute atomic E-state index is 12.2. The predicted octanol–water partition coefficient (Wildman–Crippen LogP) is 4.67. The zero-order valence-electron chi connectivity index (χ0n) is 17.9. The molecule has 0 bridgehead atoms. The lowest BCUT2D eigenvalue weighted by Gasteiger charge is -2.13. The molecule has 6 N–H and O–H groups in total. The summed E-state index contributed by atoms with van der Waals surface area (Å²) < 4.78 is 5.84. The van der Waals surface area contributed by atoms with Gasteiger partial charge in [-0.1, -0.05) is 60.7 Å². The second kappa shape index (κ2) is 10.3. The molecule has 0 radical (unpaired) electrons. The summed E-state index contributed by atoms with van der Waals surface area (Å²) in [6.07, 6.45) is 0. The van der Waals surface area contributed by atoms with Crippen molar-refractivity contribution in [3.8, 4) is 11.1 Å². The van der Waals surface area contributed by atoms with Crippen LogP contribution in [0.15, 0.2) is 84.9 Å². The molecule has 8 nitrogen and oxygen atoms in total. The van der Waals surface area contributed by atoms with Gasteiger partial charge in [-0.2, -0.15) is 4.98 Å². The molecule has 8 heteroatoms. The van der Waals surface area contributed by atoms with Crippen LogP contribution in [0.2, 0.25) is 0 Å². The van der Waals surface area contributed by atoms with Crippen LogP contribution < -0.4 is 22.1 Å². The number of hydrogen-bond donors (Lipinski definition) is 4. The van der Waals surface area contributed by atoms with E-state index in [1.807, 2.05) is 72.8 Å². The van der Waals surface area contributed by atoms with Crippen molar-refractivity contribution in [1.82, 2.24) is 9.97 Å². The molecule has 1 aromatic heterocycles. The van der Waals surface area contributed by atoms with E-state index in [1.54, 1.807) is 12.1 Å². The maximum atomic E-state index is 12.2. The molecule has 2 amide bonds. The summed E-state index contributed by atoms with van der Waals surface area (Å²) in [7, 11) is 0. The van der Waals surface area contributed by atoms with E-state index >= 15 is 0 Å². The molecular formula is C25H24N6O2. The Morgan fingerprint density at radius 2 is 1.36 bits per heavy atom. The smallest absolute Gasteiger partial charge is 0.323 e. The van der Waals surface area contributed by atoms with Crippen molar-refractivity contribution in [2.45, 2.75) is 13.2 Å². The molecule has 0 aliphatic carbocycles. The Morgan fingerprint density at radius 1 is 0.758 bits per heavy atom. The number of amides is 2. The second-order valence-corrected chi connectivity index (χ2v) is 7.29. The fourth-order valence-electron chi connectivity index (χ4n) is 3.34. The van der Waals surface area contributed by atoms with Gasteiger partial charge in [0.2, 0.25) is 5.95 Å². The number of nitrogens with one attached hydrogen (secondary N) is 2. The van der Waals surface area contributed by atoms with Crippen LogP contribution >= 0.6 is 0 Å². The van der Waals surface area contributed by atoms with Gasteiger partial charge in [-0.3, -0.25) is 0 Å². The van der Waals surface area contributed by atoms with E-state index in [0.717, 1.165) is 11.1 Å². The molecule has 0 saturated carbocycles. The van der Waals surface area contributed by atoms with Crippen molar-refractivity contribution in [1.29, 1.82) is 0 Å². The van der Waals surface area contributed by atoms with Gasteiger partial charge in [-0.15, -0.1) is 0 Å². The number of benzene rings is 3. The van der Waals surface area contributed by atoms with Crippen LogP contribution in [0.1, 0.15) is 11.3 Å². The minimum atomic E-state index is -0.334. The van der Waals surface area contributed by atoms with Crippen molar-refractivity contribution in [2.75, 3.05) is 22.1 Å². The molecule has 0 aliphatic heterocycles. The standard InChI is InChI=1S/C25H24N6O2/c26-23-22(21(30-24(27)31-23)16-33-15-17-7-3-1-4-8-17)18-11-13-20(14-12-18)29-25(32)28-19-9-5-2-6-10-19/h1-14H,15-16H2,(H2,28,29,32)(H4,26,27,30,31). The number of rotatable bonds is 7. The van der Waals surface area contributed by atoms with Crippen molar-refractivity contribution < 1.29 is 9.53 Å². The number of carbonyl (C=O) groups is 1. The number of carbonyl (C=O) groups excluding carboxylic acids is 1. The molecule has 0 fully saturated rings. The van der Waals surface area contributed by atoms with Crippen molar-refractivity contribution in [2.24, 2.45) is 0 Å². The highest BCUT2D eigenvalue weighted by Crippen LogP contribution is 2.30. The van der Waals surface area contributed by atoms with E-state index < -0.39 is 0 Å². The molecule has 4 rings (SSSR count). The Labute approximate surface area is 191 Å². The number of nitrogens with two attached hydrogens (primary N) is 2. The van der Waals surface area contributed by atoms with Gasteiger partial charge >= 0.3 is 6.03 Å². The first kappa shape index (κ1) is 21.8. The number of urea groups is 1. The summed E-state index contributed by atoms with van der Waals surface area (Å²) in [6.45, 7) is 0.657. The first-order valence-electron chi connectivity index (χ1n) is 10.4. The molecule has 33 heavy (non-hydrogen) atoms. The van der Waals surface area contributed by atoms with Gasteiger partial charge in [-0.05, 0) is 35.4 Å². The Balaban J connectivity index is 1.47. The van der Waals surface area contributed by atoms with Gasteiger partial charge in [0.1, 0.15) is 5.82 Å². The van der Waals surface area contributed by atoms with E-state index in [2.05, 4.69) is 20.6 Å². The first-order chi connectivity index (χ1) is 16.1. The monoisotopic (exact) mass is 440 g/mol. The Morgan fingerprint density at radius 3 is 2.03 bits per heavy atom. The summed E-state index contributed by atoms with van der Waals surface area (Å²) in [5.41, 5.74) is 16.4. The van der Waals surface area contributed by atoms with E-state index in [-0.39, 0.29) is 24.4 Å². The number of nitrogen functional groups attached to an aromatic ring is 2. The highest BCUT2D eigenvalue weighted by atomic mass is 16.5. The largest absolute Gasteiger partial charge is 0.383 e. The Hall–Kier alpha value is -4.43. The number of anilines is 4. The molecular weight excluding hydrogens is 416 g/mol. The Kier molecular flexibility index (Phi) is 6.77. The lowest BCUT2D eigenvalue weighted by molar-refractivity contribution is 0.105. The van der Waals surface area contributed by atoms with E-state index in [0.29, 0.717) is 29.2 Å². The summed E-state index contributed by atoms with van der Waals surface area (Å²) in [4.78, 5) is 20.7. The fourth-order valence-corrected chi connectivity index (χ4v) is 3.34. The number of hydrogen-bond acceptors (Lipinski definition) is 6. The molecule has 1 heterocycles. The van der Waals surface area contributed by atoms with Gasteiger partial charge < -0.3 is 26.8 Å². The molecule has 0 unspecified atom stereocenters. The quantitative estimate of drug-likeness (QED) is 0.331. The molecule has 166 valence electrons. The Bertz CT molecular complexity index is 1220.